The second-order valence-electron chi connectivity index (χ2n) is 2.32. The van der Waals surface area contributed by atoms with Gasteiger partial charge in [0.2, 0.25) is 0 Å². The average Bonchev–Trinajstić information content (AvgIpc) is 2.01. The van der Waals surface area contributed by atoms with Gasteiger partial charge in [-0.3, -0.25) is 0 Å². The Kier molecular flexibility index (Phi) is 2.32. The van der Waals surface area contributed by atoms with Gasteiger partial charge in [-0.25, -0.2) is 0 Å². The number of hydrogen-bond acceptors (Lipinski definition) is 5. The lowest BCUT2D eigenvalue weighted by molar-refractivity contribution is 0.312. The summed E-state index contributed by atoms with van der Waals surface area (Å²) in [6.07, 6.45) is 0. The van der Waals surface area contributed by atoms with Crippen molar-refractivity contribution in [1.82, 2.24) is 9.97 Å². The van der Waals surface area contributed by atoms with Crippen LogP contribution in [0, 0.1) is 6.92 Å². The molecule has 0 unspecified atom stereocenters. The first-order valence-electron chi connectivity index (χ1n) is 3.67. The molecule has 12 heavy (non-hydrogen) atoms. The molecule has 66 valence electrons. The van der Waals surface area contributed by atoms with Gasteiger partial charge in [-0.1, -0.05) is 0 Å². The highest BCUT2D eigenvalue weighted by Crippen LogP contribution is 2.17. The van der Waals surface area contributed by atoms with Crippen molar-refractivity contribution in [3.8, 4) is 6.01 Å². The van der Waals surface area contributed by atoms with Crippen LogP contribution >= 0.6 is 0 Å². The third-order valence-corrected chi connectivity index (χ3v) is 1.42. The molecule has 0 aliphatic heterocycles. The predicted octanol–water partition coefficient (Wildman–Crippen LogP) is 0.348. The molecule has 0 saturated carbocycles. The fourth-order valence-corrected chi connectivity index (χ4v) is 0.771. The van der Waals surface area contributed by atoms with Crippen LogP contribution in [0.25, 0.3) is 0 Å². The minimum atomic E-state index is 0.269. The molecule has 0 fully saturated rings. The van der Waals surface area contributed by atoms with E-state index in [-0.39, 0.29) is 11.8 Å². The van der Waals surface area contributed by atoms with Crippen molar-refractivity contribution in [1.29, 1.82) is 0 Å². The molecule has 0 radical (unpaired) electrons. The highest BCUT2D eigenvalue weighted by molar-refractivity contribution is 5.60. The molecule has 1 aromatic rings. The first kappa shape index (κ1) is 8.58. The summed E-state index contributed by atoms with van der Waals surface area (Å²) in [7, 11) is 0. The van der Waals surface area contributed by atoms with Gasteiger partial charge in [0, 0.05) is 0 Å². The quantitative estimate of drug-likeness (QED) is 0.665. The van der Waals surface area contributed by atoms with Crippen molar-refractivity contribution < 1.29 is 4.74 Å². The van der Waals surface area contributed by atoms with Crippen molar-refractivity contribution in [2.75, 3.05) is 18.1 Å². The monoisotopic (exact) mass is 168 g/mol. The number of anilines is 2. The van der Waals surface area contributed by atoms with Crippen LogP contribution in [-0.2, 0) is 0 Å². The van der Waals surface area contributed by atoms with E-state index in [0.29, 0.717) is 18.0 Å². The molecule has 0 aromatic carbocycles. The zero-order valence-corrected chi connectivity index (χ0v) is 7.16. The second-order valence-corrected chi connectivity index (χ2v) is 2.32. The van der Waals surface area contributed by atoms with Crippen LogP contribution in [-0.4, -0.2) is 16.6 Å². The zero-order valence-electron chi connectivity index (χ0n) is 7.16. The van der Waals surface area contributed by atoms with Gasteiger partial charge >= 0.3 is 6.01 Å². The Bertz CT molecular complexity index is 264. The van der Waals surface area contributed by atoms with Crippen molar-refractivity contribution in [2.45, 2.75) is 13.8 Å². The van der Waals surface area contributed by atoms with Gasteiger partial charge in [0.25, 0.3) is 0 Å². The Morgan fingerprint density at radius 3 is 2.50 bits per heavy atom. The number of nitrogen functional groups attached to an aromatic ring is 2. The van der Waals surface area contributed by atoms with Crippen LogP contribution in [0.1, 0.15) is 12.6 Å². The van der Waals surface area contributed by atoms with E-state index >= 15 is 0 Å². The van der Waals surface area contributed by atoms with Gasteiger partial charge in [0.1, 0.15) is 0 Å². The minimum Gasteiger partial charge on any atom is -0.464 e. The van der Waals surface area contributed by atoms with Crippen LogP contribution in [0.4, 0.5) is 11.5 Å². The molecule has 0 aliphatic rings. The van der Waals surface area contributed by atoms with Crippen LogP contribution in [0.5, 0.6) is 6.01 Å². The fourth-order valence-electron chi connectivity index (χ4n) is 0.771. The summed E-state index contributed by atoms with van der Waals surface area (Å²) in [6.45, 7) is 4.13. The number of nitrogens with zero attached hydrogens (tertiary/aromatic N) is 2. The van der Waals surface area contributed by atoms with E-state index in [1.165, 1.54) is 0 Å². The Hall–Kier alpha value is -1.52. The largest absolute Gasteiger partial charge is 0.464 e. The number of aromatic nitrogens is 2. The second kappa shape index (κ2) is 3.25. The SMILES string of the molecule is CCOc1nc(C)c(N)c(N)n1. The van der Waals surface area contributed by atoms with Gasteiger partial charge in [-0.05, 0) is 13.8 Å². The molecule has 0 spiro atoms. The summed E-state index contributed by atoms with van der Waals surface area (Å²) < 4.78 is 5.06. The molecule has 0 saturated heterocycles. The number of nitrogens with two attached hydrogens (primary N) is 2. The van der Waals surface area contributed by atoms with Crippen molar-refractivity contribution >= 4 is 11.5 Å². The molecule has 4 N–H and O–H groups in total. The fraction of sp³-hybridized carbons (Fsp3) is 0.429. The van der Waals surface area contributed by atoms with Crippen LogP contribution in [0.2, 0.25) is 0 Å². The lowest BCUT2D eigenvalue weighted by Crippen LogP contribution is -2.06. The third-order valence-electron chi connectivity index (χ3n) is 1.42. The molecule has 1 aromatic heterocycles. The Morgan fingerprint density at radius 1 is 1.33 bits per heavy atom. The summed E-state index contributed by atoms with van der Waals surface area (Å²) in [5.41, 5.74) is 12.1. The molecule has 1 rings (SSSR count). The number of aryl methyl sites for hydroxylation is 1. The topological polar surface area (TPSA) is 87.0 Å². The molecular formula is C7H12N4O. The number of ether oxygens (including phenoxy) is 1. The lowest BCUT2D eigenvalue weighted by Gasteiger charge is -2.05. The van der Waals surface area contributed by atoms with Crippen LogP contribution < -0.4 is 16.2 Å². The molecule has 5 heteroatoms. The molecule has 0 bridgehead atoms. The first-order valence-corrected chi connectivity index (χ1v) is 3.67. The van der Waals surface area contributed by atoms with Crippen molar-refractivity contribution in [3.05, 3.63) is 5.69 Å². The van der Waals surface area contributed by atoms with E-state index in [9.17, 15) is 0 Å². The maximum Gasteiger partial charge on any atom is 0.318 e. The summed E-state index contributed by atoms with van der Waals surface area (Å²) in [4.78, 5) is 7.83. The maximum absolute atomic E-state index is 5.54. The Morgan fingerprint density at radius 2 is 2.00 bits per heavy atom. The maximum atomic E-state index is 5.54. The lowest BCUT2D eigenvalue weighted by atomic mass is 10.3. The Labute approximate surface area is 70.8 Å². The highest BCUT2D eigenvalue weighted by atomic mass is 16.5. The molecule has 0 amide bonds. The predicted molar refractivity (Wildman–Crippen MR) is 46.8 cm³/mol. The zero-order chi connectivity index (χ0) is 9.14. The molecule has 5 nitrogen and oxygen atoms in total. The molecule has 0 atom stereocenters. The van der Waals surface area contributed by atoms with E-state index in [4.69, 9.17) is 16.2 Å². The van der Waals surface area contributed by atoms with Crippen molar-refractivity contribution in [2.24, 2.45) is 0 Å². The van der Waals surface area contributed by atoms with Gasteiger partial charge in [0.15, 0.2) is 5.82 Å². The molecule has 1 heterocycles. The van der Waals surface area contributed by atoms with Gasteiger partial charge < -0.3 is 16.2 Å². The molecular weight excluding hydrogens is 156 g/mol. The Balaban J connectivity index is 3.04. The summed E-state index contributed by atoms with van der Waals surface area (Å²) in [5, 5.41) is 0. The van der Waals surface area contributed by atoms with E-state index in [1.54, 1.807) is 6.92 Å². The summed E-state index contributed by atoms with van der Waals surface area (Å²) >= 11 is 0. The average molecular weight is 168 g/mol. The van der Waals surface area contributed by atoms with E-state index in [0.717, 1.165) is 0 Å². The standard InChI is InChI=1S/C7H12N4O/c1-3-12-7-10-4(2)5(8)6(9)11-7/h3,8H2,1-2H3,(H2,9,10,11). The van der Waals surface area contributed by atoms with Crippen LogP contribution in [0.15, 0.2) is 0 Å². The van der Waals surface area contributed by atoms with E-state index in [1.807, 2.05) is 6.92 Å². The number of hydrogen-bond donors (Lipinski definition) is 2. The highest BCUT2D eigenvalue weighted by Gasteiger charge is 2.05. The van der Waals surface area contributed by atoms with Gasteiger partial charge in [-0.15, -0.1) is 0 Å². The van der Waals surface area contributed by atoms with Gasteiger partial charge in [0.05, 0.1) is 18.0 Å². The van der Waals surface area contributed by atoms with Crippen LogP contribution in [0.3, 0.4) is 0 Å². The van der Waals surface area contributed by atoms with Gasteiger partial charge in [-0.2, -0.15) is 9.97 Å². The normalized spacial score (nSPS) is 9.83. The summed E-state index contributed by atoms with van der Waals surface area (Å²) in [5.74, 6) is 0.269. The minimum absolute atomic E-state index is 0.269. The molecule has 0 aliphatic carbocycles. The smallest absolute Gasteiger partial charge is 0.318 e. The first-order chi connectivity index (χ1) is 5.65. The number of rotatable bonds is 2. The third kappa shape index (κ3) is 1.55. The van der Waals surface area contributed by atoms with E-state index < -0.39 is 0 Å². The summed E-state index contributed by atoms with van der Waals surface area (Å²) in [6, 6.07) is 0.279. The van der Waals surface area contributed by atoms with Crippen molar-refractivity contribution in [3.63, 3.8) is 0 Å². The van der Waals surface area contributed by atoms with E-state index in [2.05, 4.69) is 9.97 Å².